The highest BCUT2D eigenvalue weighted by Crippen LogP contribution is 2.40. The van der Waals surface area contributed by atoms with Crippen molar-refractivity contribution in [2.24, 2.45) is 5.92 Å². The minimum absolute atomic E-state index is 0.830. The van der Waals surface area contributed by atoms with Gasteiger partial charge < -0.3 is 4.98 Å². The molecule has 68 valence electrons. The lowest BCUT2D eigenvalue weighted by atomic mass is 10.0. The van der Waals surface area contributed by atoms with E-state index in [0.29, 0.717) is 0 Å². The molecule has 0 aromatic heterocycles. The number of nitrogens with one attached hydrogen (secondary N) is 1. The van der Waals surface area contributed by atoms with Gasteiger partial charge in [0, 0.05) is 6.04 Å². The highest BCUT2D eigenvalue weighted by Gasteiger charge is 2.35. The summed E-state index contributed by atoms with van der Waals surface area (Å²) in [7, 11) is -1.04. The van der Waals surface area contributed by atoms with Gasteiger partial charge in [-0.15, -0.1) is 0 Å². The minimum atomic E-state index is -1.04. The van der Waals surface area contributed by atoms with Crippen molar-refractivity contribution in [3.63, 3.8) is 0 Å². The standard InChI is InChI=1S/C10H19NSi/c1-12(2,3)11-10-7-8-4-5-9(10)6-8/h4,9-11H,5-7H2,1-3H3. The van der Waals surface area contributed by atoms with Crippen LogP contribution in [-0.4, -0.2) is 14.3 Å². The summed E-state index contributed by atoms with van der Waals surface area (Å²) < 4.78 is 0. The van der Waals surface area contributed by atoms with Gasteiger partial charge in [-0.3, -0.25) is 0 Å². The molecule has 12 heavy (non-hydrogen) atoms. The number of hydrogen-bond donors (Lipinski definition) is 1. The van der Waals surface area contributed by atoms with Gasteiger partial charge >= 0.3 is 0 Å². The van der Waals surface area contributed by atoms with Crippen molar-refractivity contribution in [3.05, 3.63) is 11.6 Å². The first kappa shape index (κ1) is 8.51. The number of rotatable bonds is 2. The number of fused-ring (bicyclic) bond motifs is 2. The molecular formula is C10H19NSi. The van der Waals surface area contributed by atoms with E-state index in [9.17, 15) is 0 Å². The fourth-order valence-corrected chi connectivity index (χ4v) is 3.92. The lowest BCUT2D eigenvalue weighted by Gasteiger charge is -2.28. The third-order valence-electron chi connectivity index (χ3n) is 2.90. The predicted octanol–water partition coefficient (Wildman–Crippen LogP) is 2.52. The molecule has 2 heteroatoms. The molecule has 0 radical (unpaired) electrons. The molecule has 0 heterocycles. The highest BCUT2D eigenvalue weighted by atomic mass is 28.3. The van der Waals surface area contributed by atoms with Gasteiger partial charge in [0.1, 0.15) is 8.24 Å². The van der Waals surface area contributed by atoms with E-state index in [1.165, 1.54) is 19.3 Å². The molecule has 2 unspecified atom stereocenters. The van der Waals surface area contributed by atoms with Gasteiger partial charge in [0.25, 0.3) is 0 Å². The van der Waals surface area contributed by atoms with Crippen LogP contribution in [0.25, 0.3) is 0 Å². The van der Waals surface area contributed by atoms with Crippen molar-refractivity contribution in [2.45, 2.75) is 44.9 Å². The molecule has 2 atom stereocenters. The summed E-state index contributed by atoms with van der Waals surface area (Å²) in [6, 6.07) is 0.830. The molecule has 0 amide bonds. The first-order valence-electron chi connectivity index (χ1n) is 5.00. The fourth-order valence-electron chi connectivity index (χ4n) is 2.47. The van der Waals surface area contributed by atoms with E-state index in [1.54, 1.807) is 5.57 Å². The van der Waals surface area contributed by atoms with Gasteiger partial charge in [0.2, 0.25) is 0 Å². The van der Waals surface area contributed by atoms with Gasteiger partial charge in [0.15, 0.2) is 0 Å². The molecule has 2 rings (SSSR count). The Hall–Kier alpha value is -0.0831. The third kappa shape index (κ3) is 1.64. The van der Waals surface area contributed by atoms with Crippen LogP contribution in [0.1, 0.15) is 19.3 Å². The van der Waals surface area contributed by atoms with Crippen LogP contribution < -0.4 is 4.98 Å². The zero-order valence-corrected chi connectivity index (χ0v) is 9.35. The average molecular weight is 181 g/mol. The first-order chi connectivity index (χ1) is 5.54. The van der Waals surface area contributed by atoms with Crippen LogP contribution in [0.4, 0.5) is 0 Å². The number of allylic oxidation sites excluding steroid dienone is 1. The molecule has 0 aliphatic heterocycles. The normalized spacial score (nSPS) is 34.1. The van der Waals surface area contributed by atoms with E-state index >= 15 is 0 Å². The Kier molecular flexibility index (Phi) is 1.92. The average Bonchev–Trinajstić information content (AvgIpc) is 2.42. The summed E-state index contributed by atoms with van der Waals surface area (Å²) in [5.41, 5.74) is 1.72. The third-order valence-corrected chi connectivity index (χ3v) is 4.14. The maximum absolute atomic E-state index is 3.85. The van der Waals surface area contributed by atoms with Crippen LogP contribution in [0, 0.1) is 5.92 Å². The zero-order chi connectivity index (χ0) is 8.77. The fraction of sp³-hybridized carbons (Fsp3) is 0.800. The lowest BCUT2D eigenvalue weighted by Crippen LogP contribution is -2.49. The molecule has 0 spiro atoms. The minimum Gasteiger partial charge on any atom is -0.334 e. The zero-order valence-electron chi connectivity index (χ0n) is 8.35. The second-order valence-electron chi connectivity index (χ2n) is 5.27. The second kappa shape index (κ2) is 2.71. The van der Waals surface area contributed by atoms with Crippen molar-refractivity contribution in [1.29, 1.82) is 0 Å². The SMILES string of the molecule is C[Si](C)(C)NC1CC2=CCC1C2. The van der Waals surface area contributed by atoms with Gasteiger partial charge in [-0.1, -0.05) is 31.3 Å². The Balaban J connectivity index is 1.96. The van der Waals surface area contributed by atoms with E-state index < -0.39 is 8.24 Å². The maximum atomic E-state index is 3.85. The summed E-state index contributed by atoms with van der Waals surface area (Å²) in [6.07, 6.45) is 6.53. The Labute approximate surface area is 76.3 Å². The molecule has 1 fully saturated rings. The molecule has 1 nitrogen and oxygen atoms in total. The van der Waals surface area contributed by atoms with Crippen molar-refractivity contribution in [2.75, 3.05) is 0 Å². The van der Waals surface area contributed by atoms with Crippen LogP contribution in [-0.2, 0) is 0 Å². The molecule has 1 N–H and O–H groups in total. The highest BCUT2D eigenvalue weighted by molar-refractivity contribution is 6.73. The van der Waals surface area contributed by atoms with Crippen molar-refractivity contribution in [3.8, 4) is 0 Å². The molecular weight excluding hydrogens is 162 g/mol. The molecule has 1 saturated carbocycles. The lowest BCUT2D eigenvalue weighted by molar-refractivity contribution is 0.456. The summed E-state index contributed by atoms with van der Waals surface area (Å²) >= 11 is 0. The summed E-state index contributed by atoms with van der Waals surface area (Å²) in [6.45, 7) is 7.19. The van der Waals surface area contributed by atoms with E-state index in [4.69, 9.17) is 0 Å². The predicted molar refractivity (Wildman–Crippen MR) is 55.7 cm³/mol. The van der Waals surface area contributed by atoms with Gasteiger partial charge in [0.05, 0.1) is 0 Å². The first-order valence-corrected chi connectivity index (χ1v) is 8.50. The van der Waals surface area contributed by atoms with Crippen LogP contribution in [0.3, 0.4) is 0 Å². The smallest absolute Gasteiger partial charge is 0.116 e. The van der Waals surface area contributed by atoms with Crippen molar-refractivity contribution in [1.82, 2.24) is 4.98 Å². The summed E-state index contributed by atoms with van der Waals surface area (Å²) in [5.74, 6) is 0.951. The van der Waals surface area contributed by atoms with Gasteiger partial charge in [-0.25, -0.2) is 0 Å². The molecule has 0 aromatic carbocycles. The van der Waals surface area contributed by atoms with Crippen LogP contribution in [0.2, 0.25) is 19.6 Å². The van der Waals surface area contributed by atoms with Crippen molar-refractivity contribution >= 4 is 8.24 Å². The number of hydrogen-bond acceptors (Lipinski definition) is 1. The Morgan fingerprint density at radius 2 is 2.08 bits per heavy atom. The van der Waals surface area contributed by atoms with Gasteiger partial charge in [-0.05, 0) is 25.2 Å². The maximum Gasteiger partial charge on any atom is 0.116 e. The molecule has 2 bridgehead atoms. The summed E-state index contributed by atoms with van der Waals surface area (Å²) in [4.78, 5) is 3.85. The monoisotopic (exact) mass is 181 g/mol. The molecule has 2 aliphatic rings. The molecule has 0 aromatic rings. The molecule has 2 aliphatic carbocycles. The topological polar surface area (TPSA) is 12.0 Å². The largest absolute Gasteiger partial charge is 0.334 e. The quantitative estimate of drug-likeness (QED) is 0.510. The van der Waals surface area contributed by atoms with Crippen LogP contribution >= 0.6 is 0 Å². The molecule has 0 saturated heterocycles. The summed E-state index contributed by atoms with van der Waals surface area (Å²) in [5, 5.41) is 0. The Morgan fingerprint density at radius 3 is 2.50 bits per heavy atom. The Morgan fingerprint density at radius 1 is 1.33 bits per heavy atom. The van der Waals surface area contributed by atoms with E-state index in [0.717, 1.165) is 12.0 Å². The van der Waals surface area contributed by atoms with Crippen molar-refractivity contribution < 1.29 is 0 Å². The van der Waals surface area contributed by atoms with E-state index in [2.05, 4.69) is 30.7 Å². The van der Waals surface area contributed by atoms with E-state index in [-0.39, 0.29) is 0 Å². The van der Waals surface area contributed by atoms with Gasteiger partial charge in [-0.2, -0.15) is 0 Å². The second-order valence-corrected chi connectivity index (χ2v) is 10.1. The Bertz CT molecular complexity index is 214. The van der Waals surface area contributed by atoms with Crippen LogP contribution in [0.15, 0.2) is 11.6 Å². The van der Waals surface area contributed by atoms with Crippen LogP contribution in [0.5, 0.6) is 0 Å². The van der Waals surface area contributed by atoms with E-state index in [1.807, 2.05) is 0 Å².